The molecule has 0 spiro atoms. The summed E-state index contributed by atoms with van der Waals surface area (Å²) in [6.45, 7) is 8.75. The molecule has 0 aromatic heterocycles. The molecule has 1 aliphatic rings. The Kier molecular flexibility index (Phi) is 5.71. The van der Waals surface area contributed by atoms with Crippen molar-refractivity contribution in [2.45, 2.75) is 26.4 Å². The topological polar surface area (TPSA) is 36.8 Å². The predicted octanol–water partition coefficient (Wildman–Crippen LogP) is 1.72. The van der Waals surface area contributed by atoms with Crippen molar-refractivity contribution in [3.8, 4) is 0 Å². The fraction of sp³-hybridized carbons (Fsp3) is 0.381. The van der Waals surface area contributed by atoms with Crippen LogP contribution in [0.3, 0.4) is 0 Å². The van der Waals surface area contributed by atoms with Crippen molar-refractivity contribution in [3.63, 3.8) is 0 Å². The number of hydrogen-bond donors (Lipinski definition) is 2. The largest absolute Gasteiger partial charge is 0.374 e. The predicted molar refractivity (Wildman–Crippen MR) is 102 cm³/mol. The number of carbonyl (C=O) groups is 1. The molecule has 1 amide bonds. The molecule has 0 radical (unpaired) electrons. The highest BCUT2D eigenvalue weighted by atomic mass is 16.2. The normalized spacial score (nSPS) is 16.5. The van der Waals surface area contributed by atoms with Crippen LogP contribution in [0, 0.1) is 6.92 Å². The lowest BCUT2D eigenvalue weighted by atomic mass is 10.1. The lowest BCUT2D eigenvalue weighted by Crippen LogP contribution is -3.13. The number of nitrogens with one attached hydrogen (secondary N) is 2. The molecule has 2 aromatic rings. The molecule has 4 heteroatoms. The zero-order valence-corrected chi connectivity index (χ0v) is 15.2. The van der Waals surface area contributed by atoms with Gasteiger partial charge in [-0.3, -0.25) is 4.79 Å². The van der Waals surface area contributed by atoms with E-state index in [0.29, 0.717) is 0 Å². The van der Waals surface area contributed by atoms with Crippen LogP contribution in [-0.2, 0) is 11.3 Å². The summed E-state index contributed by atoms with van der Waals surface area (Å²) >= 11 is 0. The molecular formula is C21H28N3O+. The highest BCUT2D eigenvalue weighted by Crippen LogP contribution is 2.11. The van der Waals surface area contributed by atoms with Crippen molar-refractivity contribution in [1.29, 1.82) is 0 Å². The first-order valence-electron chi connectivity index (χ1n) is 9.11. The van der Waals surface area contributed by atoms with Crippen LogP contribution < -0.4 is 10.2 Å². The monoisotopic (exact) mass is 338 g/mol. The number of rotatable bonds is 5. The minimum Gasteiger partial charge on any atom is -0.374 e. The minimum atomic E-state index is -0.196. The number of anilines is 1. The molecular weight excluding hydrogens is 310 g/mol. The highest BCUT2D eigenvalue weighted by molar-refractivity contribution is 5.84. The van der Waals surface area contributed by atoms with Crippen LogP contribution >= 0.6 is 0 Å². The summed E-state index contributed by atoms with van der Waals surface area (Å²) in [5.41, 5.74) is 3.59. The van der Waals surface area contributed by atoms with Crippen molar-refractivity contribution < 1.29 is 9.69 Å². The molecule has 0 bridgehead atoms. The number of aryl methyl sites for hydroxylation is 1. The SMILES string of the molecule is Cc1ccc(N[C@H](C)C(=O)N2CC[NH+](Cc3ccccc3)CC2)cc1. The van der Waals surface area contributed by atoms with Gasteiger partial charge < -0.3 is 15.1 Å². The van der Waals surface area contributed by atoms with Gasteiger partial charge in [-0.05, 0) is 26.0 Å². The molecule has 25 heavy (non-hydrogen) atoms. The molecule has 3 rings (SSSR count). The minimum absolute atomic E-state index is 0.194. The molecule has 2 aromatic carbocycles. The first-order valence-corrected chi connectivity index (χ1v) is 9.11. The van der Waals surface area contributed by atoms with E-state index in [0.717, 1.165) is 38.4 Å². The Morgan fingerprint density at radius 2 is 1.72 bits per heavy atom. The Morgan fingerprint density at radius 3 is 2.36 bits per heavy atom. The lowest BCUT2D eigenvalue weighted by molar-refractivity contribution is -0.917. The van der Waals surface area contributed by atoms with E-state index in [-0.39, 0.29) is 11.9 Å². The van der Waals surface area contributed by atoms with Crippen LogP contribution in [0.1, 0.15) is 18.1 Å². The maximum absolute atomic E-state index is 12.7. The number of hydrogen-bond acceptors (Lipinski definition) is 2. The number of nitrogens with zero attached hydrogens (tertiary/aromatic N) is 1. The molecule has 1 atom stereocenters. The smallest absolute Gasteiger partial charge is 0.245 e. The van der Waals surface area contributed by atoms with Gasteiger partial charge in [0.05, 0.1) is 26.2 Å². The Hall–Kier alpha value is -2.33. The molecule has 0 unspecified atom stereocenters. The number of amides is 1. The van der Waals surface area contributed by atoms with Crippen molar-refractivity contribution in [2.75, 3.05) is 31.5 Å². The summed E-state index contributed by atoms with van der Waals surface area (Å²) in [5, 5.41) is 3.32. The van der Waals surface area contributed by atoms with E-state index >= 15 is 0 Å². The quantitative estimate of drug-likeness (QED) is 0.871. The summed E-state index contributed by atoms with van der Waals surface area (Å²) in [6, 6.07) is 18.6. The third-order valence-electron chi connectivity index (χ3n) is 4.88. The van der Waals surface area contributed by atoms with Crippen LogP contribution in [0.25, 0.3) is 0 Å². The third-order valence-corrected chi connectivity index (χ3v) is 4.88. The molecule has 132 valence electrons. The van der Waals surface area contributed by atoms with Crippen LogP contribution in [0.15, 0.2) is 54.6 Å². The van der Waals surface area contributed by atoms with Crippen molar-refractivity contribution >= 4 is 11.6 Å². The summed E-state index contributed by atoms with van der Waals surface area (Å²) < 4.78 is 0. The van der Waals surface area contributed by atoms with Gasteiger partial charge in [-0.2, -0.15) is 0 Å². The standard InChI is InChI=1S/C21H27N3O/c1-17-8-10-20(11-9-17)22-18(2)21(25)24-14-12-23(13-15-24)16-19-6-4-3-5-7-19/h3-11,18,22H,12-16H2,1-2H3/p+1/t18-/m1/s1. The van der Waals surface area contributed by atoms with Gasteiger partial charge in [0.25, 0.3) is 0 Å². The Morgan fingerprint density at radius 1 is 1.08 bits per heavy atom. The van der Waals surface area contributed by atoms with Gasteiger partial charge in [-0.15, -0.1) is 0 Å². The Balaban J connectivity index is 1.48. The molecule has 0 aliphatic carbocycles. The third kappa shape index (κ3) is 4.83. The van der Waals surface area contributed by atoms with E-state index in [9.17, 15) is 4.79 Å². The van der Waals surface area contributed by atoms with E-state index in [1.54, 1.807) is 4.90 Å². The second-order valence-electron chi connectivity index (χ2n) is 6.97. The van der Waals surface area contributed by atoms with Gasteiger partial charge in [0.1, 0.15) is 12.6 Å². The van der Waals surface area contributed by atoms with Crippen LogP contribution in [0.4, 0.5) is 5.69 Å². The Bertz CT molecular complexity index is 676. The maximum Gasteiger partial charge on any atom is 0.245 e. The van der Waals surface area contributed by atoms with Crippen molar-refractivity contribution in [1.82, 2.24) is 4.90 Å². The highest BCUT2D eigenvalue weighted by Gasteiger charge is 2.26. The zero-order chi connectivity index (χ0) is 17.6. The van der Waals surface area contributed by atoms with E-state index in [2.05, 4.69) is 54.7 Å². The van der Waals surface area contributed by atoms with Crippen molar-refractivity contribution in [2.24, 2.45) is 0 Å². The maximum atomic E-state index is 12.7. The first kappa shape index (κ1) is 17.5. The summed E-state index contributed by atoms with van der Waals surface area (Å²) in [5.74, 6) is 0.194. The zero-order valence-electron chi connectivity index (χ0n) is 15.2. The molecule has 2 N–H and O–H groups in total. The van der Waals surface area contributed by atoms with Crippen LogP contribution in [0.2, 0.25) is 0 Å². The average molecular weight is 338 g/mol. The van der Waals surface area contributed by atoms with Gasteiger partial charge in [-0.25, -0.2) is 0 Å². The number of piperazine rings is 1. The number of quaternary nitrogens is 1. The van der Waals surface area contributed by atoms with Crippen molar-refractivity contribution in [3.05, 3.63) is 65.7 Å². The first-order chi connectivity index (χ1) is 12.1. The molecule has 0 saturated carbocycles. The van der Waals surface area contributed by atoms with Crippen LogP contribution in [-0.4, -0.2) is 43.0 Å². The summed E-state index contributed by atoms with van der Waals surface area (Å²) in [7, 11) is 0. The second-order valence-corrected chi connectivity index (χ2v) is 6.97. The van der Waals surface area contributed by atoms with E-state index in [1.807, 2.05) is 24.0 Å². The molecule has 1 aliphatic heterocycles. The van der Waals surface area contributed by atoms with E-state index in [4.69, 9.17) is 0 Å². The Labute approximate surface area is 150 Å². The summed E-state index contributed by atoms with van der Waals surface area (Å²) in [4.78, 5) is 16.2. The average Bonchev–Trinajstić information content (AvgIpc) is 2.64. The molecule has 4 nitrogen and oxygen atoms in total. The van der Waals surface area contributed by atoms with Gasteiger partial charge in [-0.1, -0.05) is 48.0 Å². The summed E-state index contributed by atoms with van der Waals surface area (Å²) in [6.07, 6.45) is 0. The molecule has 1 fully saturated rings. The fourth-order valence-electron chi connectivity index (χ4n) is 3.34. The van der Waals surface area contributed by atoms with Gasteiger partial charge in [0, 0.05) is 11.3 Å². The van der Waals surface area contributed by atoms with Gasteiger partial charge in [0.15, 0.2) is 0 Å². The van der Waals surface area contributed by atoms with Crippen LogP contribution in [0.5, 0.6) is 0 Å². The van der Waals surface area contributed by atoms with Gasteiger partial charge in [0.2, 0.25) is 5.91 Å². The van der Waals surface area contributed by atoms with Gasteiger partial charge >= 0.3 is 0 Å². The van der Waals surface area contributed by atoms with E-state index in [1.165, 1.54) is 11.1 Å². The number of benzene rings is 2. The molecule has 1 saturated heterocycles. The lowest BCUT2D eigenvalue weighted by Gasteiger charge is -2.34. The van der Waals surface area contributed by atoms with E-state index < -0.39 is 0 Å². The number of carbonyl (C=O) groups excluding carboxylic acids is 1. The second kappa shape index (κ2) is 8.17. The molecule has 1 heterocycles. The fourth-order valence-corrected chi connectivity index (χ4v) is 3.34.